The normalized spacial score (nSPS) is 10.4. The summed E-state index contributed by atoms with van der Waals surface area (Å²) in [6.45, 7) is 6.76. The Morgan fingerprint density at radius 3 is 2.48 bits per heavy atom. The van der Waals surface area contributed by atoms with E-state index in [0.29, 0.717) is 13.2 Å². The molecule has 21 heavy (non-hydrogen) atoms. The van der Waals surface area contributed by atoms with Crippen molar-refractivity contribution >= 4 is 0 Å². The predicted octanol–water partition coefficient (Wildman–Crippen LogP) is 2.96. The molecule has 2 rings (SSSR count). The van der Waals surface area contributed by atoms with Crippen LogP contribution < -0.4 is 14.8 Å². The molecule has 0 aliphatic heterocycles. The topological polar surface area (TPSA) is 43.4 Å². The SMILES string of the molecule is CCOc1ccccc1OCCNCc1ccc(C)nc1. The molecule has 112 valence electrons. The Morgan fingerprint density at radius 2 is 1.81 bits per heavy atom. The zero-order valence-electron chi connectivity index (χ0n) is 12.6. The van der Waals surface area contributed by atoms with E-state index in [0.717, 1.165) is 30.3 Å². The summed E-state index contributed by atoms with van der Waals surface area (Å²) in [5, 5.41) is 3.34. The second-order valence-electron chi connectivity index (χ2n) is 4.71. The van der Waals surface area contributed by atoms with Crippen LogP contribution >= 0.6 is 0 Å². The first-order chi connectivity index (χ1) is 10.3. The van der Waals surface area contributed by atoms with Gasteiger partial charge < -0.3 is 14.8 Å². The van der Waals surface area contributed by atoms with E-state index in [4.69, 9.17) is 9.47 Å². The lowest BCUT2D eigenvalue weighted by Gasteiger charge is -2.12. The fourth-order valence-electron chi connectivity index (χ4n) is 1.91. The van der Waals surface area contributed by atoms with Crippen molar-refractivity contribution in [3.63, 3.8) is 0 Å². The molecule has 0 spiro atoms. The minimum Gasteiger partial charge on any atom is -0.490 e. The second kappa shape index (κ2) is 8.27. The molecule has 4 nitrogen and oxygen atoms in total. The molecule has 0 amide bonds. The number of rotatable bonds is 8. The summed E-state index contributed by atoms with van der Waals surface area (Å²) < 4.78 is 11.3. The van der Waals surface area contributed by atoms with E-state index >= 15 is 0 Å². The zero-order chi connectivity index (χ0) is 14.9. The molecule has 0 fully saturated rings. The summed E-state index contributed by atoms with van der Waals surface area (Å²) in [6, 6.07) is 11.8. The van der Waals surface area contributed by atoms with Crippen molar-refractivity contribution in [3.8, 4) is 11.5 Å². The van der Waals surface area contributed by atoms with Crippen LogP contribution in [-0.4, -0.2) is 24.7 Å². The third kappa shape index (κ3) is 5.08. The van der Waals surface area contributed by atoms with Crippen molar-refractivity contribution in [3.05, 3.63) is 53.9 Å². The van der Waals surface area contributed by atoms with E-state index < -0.39 is 0 Å². The molecule has 0 saturated carbocycles. The molecule has 4 heteroatoms. The summed E-state index contributed by atoms with van der Waals surface area (Å²) in [4.78, 5) is 4.27. The van der Waals surface area contributed by atoms with Crippen LogP contribution in [0, 0.1) is 6.92 Å². The number of nitrogens with one attached hydrogen (secondary N) is 1. The second-order valence-corrected chi connectivity index (χ2v) is 4.71. The number of para-hydroxylation sites is 2. The Kier molecular flexibility index (Phi) is 6.03. The van der Waals surface area contributed by atoms with Crippen LogP contribution in [0.1, 0.15) is 18.2 Å². The van der Waals surface area contributed by atoms with Crippen molar-refractivity contribution in [1.82, 2.24) is 10.3 Å². The third-order valence-electron chi connectivity index (χ3n) is 2.99. The standard InChI is InChI=1S/C17H22N2O2/c1-3-20-16-6-4-5-7-17(16)21-11-10-18-12-15-9-8-14(2)19-13-15/h4-9,13,18H,3,10-12H2,1-2H3. The molecule has 1 heterocycles. The summed E-state index contributed by atoms with van der Waals surface area (Å²) >= 11 is 0. The van der Waals surface area contributed by atoms with Gasteiger partial charge >= 0.3 is 0 Å². The first-order valence-electron chi connectivity index (χ1n) is 7.26. The van der Waals surface area contributed by atoms with Crippen molar-refractivity contribution in [2.75, 3.05) is 19.8 Å². The molecular weight excluding hydrogens is 264 g/mol. The molecule has 1 aromatic heterocycles. The third-order valence-corrected chi connectivity index (χ3v) is 2.99. The van der Waals surface area contributed by atoms with Crippen LogP contribution in [0.4, 0.5) is 0 Å². The molecular formula is C17H22N2O2. The van der Waals surface area contributed by atoms with E-state index in [-0.39, 0.29) is 0 Å². The monoisotopic (exact) mass is 286 g/mol. The average molecular weight is 286 g/mol. The highest BCUT2D eigenvalue weighted by Gasteiger charge is 2.02. The largest absolute Gasteiger partial charge is 0.490 e. The zero-order valence-corrected chi connectivity index (χ0v) is 12.6. The summed E-state index contributed by atoms with van der Waals surface area (Å²) in [5.74, 6) is 1.58. The average Bonchev–Trinajstić information content (AvgIpc) is 2.51. The van der Waals surface area contributed by atoms with Crippen LogP contribution in [-0.2, 0) is 6.54 Å². The van der Waals surface area contributed by atoms with Gasteiger partial charge in [-0.25, -0.2) is 0 Å². The predicted molar refractivity (Wildman–Crippen MR) is 83.8 cm³/mol. The van der Waals surface area contributed by atoms with Gasteiger partial charge in [0.15, 0.2) is 11.5 Å². The van der Waals surface area contributed by atoms with Gasteiger partial charge in [-0.3, -0.25) is 4.98 Å². The molecule has 0 aliphatic rings. The number of aryl methyl sites for hydroxylation is 1. The Hall–Kier alpha value is -2.07. The van der Waals surface area contributed by atoms with Crippen LogP contribution in [0.15, 0.2) is 42.6 Å². The van der Waals surface area contributed by atoms with Crippen molar-refractivity contribution < 1.29 is 9.47 Å². The fraction of sp³-hybridized carbons (Fsp3) is 0.353. The van der Waals surface area contributed by atoms with E-state index in [2.05, 4.69) is 16.4 Å². The molecule has 1 aromatic carbocycles. The fourth-order valence-corrected chi connectivity index (χ4v) is 1.91. The molecule has 1 N–H and O–H groups in total. The van der Waals surface area contributed by atoms with Gasteiger partial charge in [0.25, 0.3) is 0 Å². The lowest BCUT2D eigenvalue weighted by Crippen LogP contribution is -2.20. The molecule has 0 unspecified atom stereocenters. The van der Waals surface area contributed by atoms with Gasteiger partial charge in [-0.15, -0.1) is 0 Å². The van der Waals surface area contributed by atoms with Crippen molar-refractivity contribution in [2.24, 2.45) is 0 Å². The summed E-state index contributed by atoms with van der Waals surface area (Å²) in [6.07, 6.45) is 1.90. The van der Waals surface area contributed by atoms with Crippen LogP contribution in [0.2, 0.25) is 0 Å². The molecule has 0 bridgehead atoms. The van der Waals surface area contributed by atoms with Gasteiger partial charge in [-0.2, -0.15) is 0 Å². The maximum absolute atomic E-state index is 5.74. The van der Waals surface area contributed by atoms with Gasteiger partial charge in [0.1, 0.15) is 6.61 Å². The first-order valence-corrected chi connectivity index (χ1v) is 7.26. The lowest BCUT2D eigenvalue weighted by molar-refractivity contribution is 0.275. The van der Waals surface area contributed by atoms with Crippen LogP contribution in [0.25, 0.3) is 0 Å². The van der Waals surface area contributed by atoms with E-state index in [1.807, 2.05) is 50.4 Å². The van der Waals surface area contributed by atoms with Gasteiger partial charge in [-0.1, -0.05) is 18.2 Å². The highest BCUT2D eigenvalue weighted by molar-refractivity contribution is 5.39. The lowest BCUT2D eigenvalue weighted by atomic mass is 10.2. The number of aromatic nitrogens is 1. The minimum atomic E-state index is 0.601. The Bertz CT molecular complexity index is 541. The number of pyridine rings is 1. The highest BCUT2D eigenvalue weighted by Crippen LogP contribution is 2.25. The van der Waals surface area contributed by atoms with E-state index in [1.165, 1.54) is 5.56 Å². The van der Waals surface area contributed by atoms with E-state index in [9.17, 15) is 0 Å². The first kappa shape index (κ1) is 15.3. The number of ether oxygens (including phenoxy) is 2. The Balaban J connectivity index is 1.71. The molecule has 0 atom stereocenters. The van der Waals surface area contributed by atoms with Crippen molar-refractivity contribution in [1.29, 1.82) is 0 Å². The maximum atomic E-state index is 5.74. The van der Waals surface area contributed by atoms with Crippen LogP contribution in [0.3, 0.4) is 0 Å². The number of benzene rings is 1. The minimum absolute atomic E-state index is 0.601. The highest BCUT2D eigenvalue weighted by atomic mass is 16.5. The van der Waals surface area contributed by atoms with Gasteiger partial charge in [0.2, 0.25) is 0 Å². The summed E-state index contributed by atoms with van der Waals surface area (Å²) in [5.41, 5.74) is 2.21. The number of hydrogen-bond donors (Lipinski definition) is 1. The maximum Gasteiger partial charge on any atom is 0.161 e. The summed E-state index contributed by atoms with van der Waals surface area (Å²) in [7, 11) is 0. The van der Waals surface area contributed by atoms with E-state index in [1.54, 1.807) is 0 Å². The Labute approximate surface area is 126 Å². The molecule has 0 radical (unpaired) electrons. The quantitative estimate of drug-likeness (QED) is 0.758. The Morgan fingerprint density at radius 1 is 1.05 bits per heavy atom. The molecule has 0 aliphatic carbocycles. The van der Waals surface area contributed by atoms with Gasteiger partial charge in [-0.05, 0) is 37.6 Å². The van der Waals surface area contributed by atoms with Gasteiger partial charge in [0, 0.05) is 25.0 Å². The molecule has 2 aromatic rings. The van der Waals surface area contributed by atoms with Crippen molar-refractivity contribution in [2.45, 2.75) is 20.4 Å². The van der Waals surface area contributed by atoms with Crippen LogP contribution in [0.5, 0.6) is 11.5 Å². The number of hydrogen-bond acceptors (Lipinski definition) is 4. The van der Waals surface area contributed by atoms with Gasteiger partial charge in [0.05, 0.1) is 6.61 Å². The smallest absolute Gasteiger partial charge is 0.161 e. The number of nitrogens with zero attached hydrogens (tertiary/aromatic N) is 1. The molecule has 0 saturated heterocycles.